The molecule has 0 radical (unpaired) electrons. The predicted molar refractivity (Wildman–Crippen MR) is 99.9 cm³/mol. The maximum absolute atomic E-state index is 12.5. The fourth-order valence-electron chi connectivity index (χ4n) is 3.01. The number of esters is 1. The van der Waals surface area contributed by atoms with Gasteiger partial charge in [-0.05, 0) is 31.2 Å². The van der Waals surface area contributed by atoms with Crippen molar-refractivity contribution in [2.24, 2.45) is 4.99 Å². The van der Waals surface area contributed by atoms with E-state index in [0.29, 0.717) is 33.1 Å². The van der Waals surface area contributed by atoms with Crippen LogP contribution in [-0.4, -0.2) is 27.8 Å². The Morgan fingerprint density at radius 3 is 2.81 bits per heavy atom. The van der Waals surface area contributed by atoms with Gasteiger partial charge in [0.1, 0.15) is 0 Å². The number of hydrogen-bond acceptors (Lipinski definition) is 5. The highest BCUT2D eigenvalue weighted by atomic mass is 16.5. The van der Waals surface area contributed by atoms with Gasteiger partial charge >= 0.3 is 5.97 Å². The van der Waals surface area contributed by atoms with E-state index in [1.54, 1.807) is 31.5 Å². The van der Waals surface area contributed by atoms with Crippen molar-refractivity contribution in [3.05, 3.63) is 81.0 Å². The van der Waals surface area contributed by atoms with Gasteiger partial charge in [-0.15, -0.1) is 0 Å². The maximum atomic E-state index is 12.5. The van der Waals surface area contributed by atoms with E-state index in [0.717, 1.165) is 5.56 Å². The van der Waals surface area contributed by atoms with E-state index in [1.807, 2.05) is 30.3 Å². The molecule has 0 saturated carbocycles. The minimum atomic E-state index is -0.465. The molecule has 0 spiro atoms. The summed E-state index contributed by atoms with van der Waals surface area (Å²) in [6.07, 6.45) is 4.91. The van der Waals surface area contributed by atoms with E-state index in [4.69, 9.17) is 4.74 Å². The number of benzene rings is 1. The molecule has 1 aromatic carbocycles. The summed E-state index contributed by atoms with van der Waals surface area (Å²) in [7, 11) is 0. The maximum Gasteiger partial charge on any atom is 0.341 e. The number of H-pyrrole nitrogens is 2. The van der Waals surface area contributed by atoms with Crippen molar-refractivity contribution in [1.82, 2.24) is 15.2 Å². The zero-order chi connectivity index (χ0) is 18.8. The van der Waals surface area contributed by atoms with Crippen LogP contribution in [-0.2, 0) is 9.53 Å². The number of hydrogen-bond donors (Lipinski definition) is 2. The molecule has 134 valence electrons. The van der Waals surface area contributed by atoms with Crippen molar-refractivity contribution < 1.29 is 9.53 Å². The van der Waals surface area contributed by atoms with Crippen LogP contribution < -0.4 is 16.1 Å². The second-order valence-corrected chi connectivity index (χ2v) is 5.86. The molecule has 2 aromatic heterocycles. The predicted octanol–water partition coefficient (Wildman–Crippen LogP) is 1.15. The fourth-order valence-corrected chi connectivity index (χ4v) is 3.01. The number of carbonyl (C=O) groups excluding carboxylic acids is 1. The summed E-state index contributed by atoms with van der Waals surface area (Å²) >= 11 is 0. The van der Waals surface area contributed by atoms with Gasteiger partial charge in [-0.3, -0.25) is 20.0 Å². The average molecular weight is 360 g/mol. The van der Waals surface area contributed by atoms with Crippen LogP contribution in [0.25, 0.3) is 22.9 Å². The Labute approximate surface area is 153 Å². The summed E-state index contributed by atoms with van der Waals surface area (Å²) in [5.74, 6) is -0.465. The van der Waals surface area contributed by atoms with Gasteiger partial charge in [0.25, 0.3) is 5.56 Å². The lowest BCUT2D eigenvalue weighted by Gasteiger charge is -2.04. The first-order chi connectivity index (χ1) is 13.2. The number of ether oxygens (including phenoxy) is 1. The number of carbonyl (C=O) groups is 1. The van der Waals surface area contributed by atoms with Gasteiger partial charge in [0.2, 0.25) is 0 Å². The molecule has 3 heterocycles. The minimum absolute atomic E-state index is 0.253. The molecule has 0 amide bonds. The minimum Gasteiger partial charge on any atom is -0.462 e. The van der Waals surface area contributed by atoms with Gasteiger partial charge in [-0.2, -0.15) is 0 Å². The second kappa shape index (κ2) is 6.87. The number of nitrogens with one attached hydrogen (secondary N) is 2. The van der Waals surface area contributed by atoms with Gasteiger partial charge in [0.15, 0.2) is 0 Å². The molecule has 0 fully saturated rings. The van der Waals surface area contributed by atoms with E-state index in [1.165, 1.54) is 0 Å². The zero-order valence-electron chi connectivity index (χ0n) is 14.5. The van der Waals surface area contributed by atoms with Crippen LogP contribution in [0.4, 0.5) is 0 Å². The molecule has 0 atom stereocenters. The summed E-state index contributed by atoms with van der Waals surface area (Å²) in [5.41, 5.74) is 2.13. The van der Waals surface area contributed by atoms with Crippen molar-refractivity contribution in [3.8, 4) is 11.3 Å². The Hall–Kier alpha value is -3.74. The molecule has 7 heteroatoms. The van der Waals surface area contributed by atoms with Gasteiger partial charge < -0.3 is 4.74 Å². The number of aromatic amines is 2. The second-order valence-electron chi connectivity index (χ2n) is 5.86. The Morgan fingerprint density at radius 1 is 1.19 bits per heavy atom. The molecule has 3 aromatic rings. The number of rotatable bonds is 4. The molecule has 7 nitrogen and oxygen atoms in total. The smallest absolute Gasteiger partial charge is 0.341 e. The summed E-state index contributed by atoms with van der Waals surface area (Å²) < 4.78 is 5.20. The highest BCUT2D eigenvalue weighted by Gasteiger charge is 2.23. The largest absolute Gasteiger partial charge is 0.462 e. The number of pyridine rings is 1. The Bertz CT molecular complexity index is 1220. The SMILES string of the molecule is CCOC(=O)C1=c2ccccc2=N/C1=C/c1c(-c2cccnc2)[nH][nH]c1=O. The van der Waals surface area contributed by atoms with Crippen LogP contribution in [0.2, 0.25) is 0 Å². The monoisotopic (exact) mass is 360 g/mol. The van der Waals surface area contributed by atoms with E-state index in [9.17, 15) is 9.59 Å². The first-order valence-corrected chi connectivity index (χ1v) is 8.47. The molecular formula is C20H16N4O3. The normalized spacial score (nSPS) is 14.1. The number of fused-ring (bicyclic) bond motifs is 1. The van der Waals surface area contributed by atoms with E-state index >= 15 is 0 Å². The van der Waals surface area contributed by atoms with E-state index < -0.39 is 5.97 Å². The Kier molecular flexibility index (Phi) is 4.25. The summed E-state index contributed by atoms with van der Waals surface area (Å²) in [5, 5.41) is 6.81. The number of nitrogens with zero attached hydrogens (tertiary/aromatic N) is 2. The van der Waals surface area contributed by atoms with Crippen molar-refractivity contribution >= 4 is 17.6 Å². The molecule has 27 heavy (non-hydrogen) atoms. The van der Waals surface area contributed by atoms with Crippen molar-refractivity contribution in [2.75, 3.05) is 6.61 Å². The van der Waals surface area contributed by atoms with Gasteiger partial charge in [0.05, 0.1) is 34.5 Å². The van der Waals surface area contributed by atoms with Crippen LogP contribution >= 0.6 is 0 Å². The molecule has 0 unspecified atom stereocenters. The van der Waals surface area contributed by atoms with Crippen LogP contribution in [0.15, 0.2) is 64.3 Å². The Balaban J connectivity index is 1.91. The fraction of sp³-hybridized carbons (Fsp3) is 0.100. The molecule has 2 N–H and O–H groups in total. The van der Waals surface area contributed by atoms with Crippen molar-refractivity contribution in [3.63, 3.8) is 0 Å². The summed E-state index contributed by atoms with van der Waals surface area (Å²) in [6, 6.07) is 10.9. The third-order valence-corrected chi connectivity index (χ3v) is 4.20. The summed E-state index contributed by atoms with van der Waals surface area (Å²) in [6.45, 7) is 2.00. The molecule has 0 bridgehead atoms. The average Bonchev–Trinajstić information content (AvgIpc) is 3.23. The number of para-hydroxylation sites is 1. The lowest BCUT2D eigenvalue weighted by Crippen LogP contribution is -2.25. The molecule has 1 aliphatic heterocycles. The zero-order valence-corrected chi connectivity index (χ0v) is 14.5. The first-order valence-electron chi connectivity index (χ1n) is 8.47. The topological polar surface area (TPSA) is 100 Å². The summed E-state index contributed by atoms with van der Waals surface area (Å²) in [4.78, 5) is 33.5. The standard InChI is InChI=1S/C20H16N4O3/c1-2-27-20(26)17-13-7-3-4-8-15(13)22-16(17)10-14-18(23-24-19(14)25)12-6-5-9-21-11-12/h3-11H,2H2,1H3,(H2,23,24,25)/b16-10+. The van der Waals surface area contributed by atoms with E-state index in [2.05, 4.69) is 20.2 Å². The van der Waals surface area contributed by atoms with Gasteiger partial charge in [-0.1, -0.05) is 18.2 Å². The van der Waals surface area contributed by atoms with Crippen LogP contribution in [0.3, 0.4) is 0 Å². The third kappa shape index (κ3) is 2.99. The molecular weight excluding hydrogens is 344 g/mol. The van der Waals surface area contributed by atoms with Crippen LogP contribution in [0, 0.1) is 0 Å². The molecule has 4 rings (SSSR count). The Morgan fingerprint density at radius 2 is 2.04 bits per heavy atom. The third-order valence-electron chi connectivity index (χ3n) is 4.20. The van der Waals surface area contributed by atoms with Gasteiger partial charge in [-0.25, -0.2) is 9.79 Å². The van der Waals surface area contributed by atoms with Gasteiger partial charge in [0, 0.05) is 23.2 Å². The lowest BCUT2D eigenvalue weighted by molar-refractivity contribution is -0.136. The van der Waals surface area contributed by atoms with Crippen molar-refractivity contribution in [2.45, 2.75) is 6.92 Å². The molecule has 0 saturated heterocycles. The highest BCUT2D eigenvalue weighted by Crippen LogP contribution is 2.24. The van der Waals surface area contributed by atoms with Crippen molar-refractivity contribution in [1.29, 1.82) is 0 Å². The van der Waals surface area contributed by atoms with Crippen LogP contribution in [0.5, 0.6) is 0 Å². The first kappa shape index (κ1) is 16.7. The highest BCUT2D eigenvalue weighted by molar-refractivity contribution is 6.17. The number of aromatic nitrogens is 3. The molecule has 1 aliphatic rings. The van der Waals surface area contributed by atoms with E-state index in [-0.39, 0.29) is 12.2 Å². The molecule has 0 aliphatic carbocycles. The quantitative estimate of drug-likeness (QED) is 0.682. The van der Waals surface area contributed by atoms with Crippen LogP contribution in [0.1, 0.15) is 12.5 Å². The lowest BCUT2D eigenvalue weighted by atomic mass is 10.1.